The third-order valence-electron chi connectivity index (χ3n) is 3.62. The molecule has 2 aromatic heterocycles. The van der Waals surface area contributed by atoms with Crippen LogP contribution in [0.2, 0.25) is 0 Å². The smallest absolute Gasteiger partial charge is 0.244 e. The fraction of sp³-hybridized carbons (Fsp3) is 0.167. The number of nitrogens with zero attached hydrogens (tertiary/aromatic N) is 2. The molecule has 1 aromatic carbocycles. The third-order valence-corrected chi connectivity index (χ3v) is 4.31. The summed E-state index contributed by atoms with van der Waals surface area (Å²) in [5.41, 5.74) is 1.89. The number of fused-ring (bicyclic) bond motifs is 1. The molecule has 0 radical (unpaired) electrons. The average Bonchev–Trinajstić information content (AvgIpc) is 3.13. The Balaban J connectivity index is 1.62. The highest BCUT2D eigenvalue weighted by atomic mass is 32.1. The largest absolute Gasteiger partial charge is 0.384 e. The van der Waals surface area contributed by atoms with Gasteiger partial charge in [0.05, 0.1) is 29.5 Å². The highest BCUT2D eigenvalue weighted by Crippen LogP contribution is 2.21. The highest BCUT2D eigenvalue weighted by molar-refractivity contribution is 7.08. The summed E-state index contributed by atoms with van der Waals surface area (Å²) in [5, 5.41) is 16.8. The van der Waals surface area contributed by atoms with Crippen molar-refractivity contribution >= 4 is 34.4 Å². The van der Waals surface area contributed by atoms with Crippen LogP contribution in [0.1, 0.15) is 18.2 Å². The van der Waals surface area contributed by atoms with Gasteiger partial charge in [-0.3, -0.25) is 9.78 Å². The van der Waals surface area contributed by atoms with Crippen LogP contribution in [0.4, 0.5) is 0 Å². The van der Waals surface area contributed by atoms with Crippen LogP contribution >= 0.6 is 11.3 Å². The van der Waals surface area contributed by atoms with Gasteiger partial charge in [-0.1, -0.05) is 12.1 Å². The number of para-hydroxylation sites is 2. The molecule has 0 fully saturated rings. The van der Waals surface area contributed by atoms with Crippen molar-refractivity contribution < 1.29 is 9.90 Å². The molecule has 0 aliphatic carbocycles. The van der Waals surface area contributed by atoms with Gasteiger partial charge in [0.25, 0.3) is 0 Å². The average molecular weight is 339 g/mol. The maximum atomic E-state index is 11.9. The lowest BCUT2D eigenvalue weighted by molar-refractivity contribution is -0.117. The Morgan fingerprint density at radius 1 is 1.33 bits per heavy atom. The quantitative estimate of drug-likeness (QED) is 0.701. The maximum Gasteiger partial charge on any atom is 0.244 e. The predicted octanol–water partition coefficient (Wildman–Crippen LogP) is 2.73. The van der Waals surface area contributed by atoms with Crippen molar-refractivity contribution in [1.82, 2.24) is 15.3 Å². The van der Waals surface area contributed by atoms with E-state index in [-0.39, 0.29) is 12.5 Å². The van der Waals surface area contributed by atoms with Crippen LogP contribution < -0.4 is 5.32 Å². The van der Waals surface area contributed by atoms with Gasteiger partial charge in [0.15, 0.2) is 0 Å². The Morgan fingerprint density at radius 3 is 2.88 bits per heavy atom. The molecule has 3 rings (SSSR count). The summed E-state index contributed by atoms with van der Waals surface area (Å²) in [6.07, 6.45) is 4.62. The number of aromatic nitrogens is 2. The molecule has 2 N–H and O–H groups in total. The van der Waals surface area contributed by atoms with Crippen LogP contribution in [0.5, 0.6) is 0 Å². The molecule has 0 saturated carbocycles. The summed E-state index contributed by atoms with van der Waals surface area (Å²) in [4.78, 5) is 20.7. The first-order valence-corrected chi connectivity index (χ1v) is 8.42. The molecule has 6 heteroatoms. The van der Waals surface area contributed by atoms with Crippen molar-refractivity contribution in [2.45, 2.75) is 12.5 Å². The van der Waals surface area contributed by atoms with Gasteiger partial charge in [0.2, 0.25) is 5.91 Å². The minimum atomic E-state index is -1.09. The molecule has 0 aliphatic rings. The van der Waals surface area contributed by atoms with Gasteiger partial charge in [0, 0.05) is 6.08 Å². The third kappa shape index (κ3) is 3.84. The van der Waals surface area contributed by atoms with E-state index in [1.807, 2.05) is 41.1 Å². The van der Waals surface area contributed by atoms with E-state index in [4.69, 9.17) is 0 Å². The van der Waals surface area contributed by atoms with E-state index in [1.165, 1.54) is 17.4 Å². The fourth-order valence-electron chi connectivity index (χ4n) is 2.20. The SMILES string of the molecule is C[C@](O)(CNC(=O)/C=C/c1cnc2ccccc2n1)c1ccsc1. The zero-order valence-corrected chi connectivity index (χ0v) is 14.0. The molecule has 122 valence electrons. The first-order chi connectivity index (χ1) is 11.5. The Labute approximate surface area is 143 Å². The van der Waals surface area contributed by atoms with Crippen molar-refractivity contribution in [2.24, 2.45) is 0 Å². The van der Waals surface area contributed by atoms with Crippen molar-refractivity contribution in [3.63, 3.8) is 0 Å². The van der Waals surface area contributed by atoms with E-state index in [0.717, 1.165) is 16.6 Å². The molecule has 3 aromatic rings. The molecule has 0 aliphatic heterocycles. The number of nitrogens with one attached hydrogen (secondary N) is 1. The van der Waals surface area contributed by atoms with Crippen LogP contribution in [0.15, 0.2) is 53.4 Å². The summed E-state index contributed by atoms with van der Waals surface area (Å²) in [7, 11) is 0. The molecule has 1 atom stereocenters. The standard InChI is InChI=1S/C18H17N3O2S/c1-18(23,13-8-9-24-11-13)12-20-17(22)7-6-14-10-19-15-4-2-3-5-16(15)21-14/h2-11,23H,12H2,1H3,(H,20,22)/b7-6+/t18-/m0/s1. The number of aliphatic hydroxyl groups is 1. The summed E-state index contributed by atoms with van der Waals surface area (Å²) in [6, 6.07) is 9.40. The zero-order chi connectivity index (χ0) is 17.0. The predicted molar refractivity (Wildman–Crippen MR) is 95.5 cm³/mol. The summed E-state index contributed by atoms with van der Waals surface area (Å²) < 4.78 is 0. The number of carbonyl (C=O) groups excluding carboxylic acids is 1. The molecule has 2 heterocycles. The molecule has 0 saturated heterocycles. The monoisotopic (exact) mass is 339 g/mol. The Bertz CT molecular complexity index is 873. The minimum absolute atomic E-state index is 0.135. The second kappa shape index (κ2) is 6.90. The molecule has 0 unspecified atom stereocenters. The lowest BCUT2D eigenvalue weighted by Crippen LogP contribution is -2.37. The van der Waals surface area contributed by atoms with Gasteiger partial charge in [0.1, 0.15) is 5.60 Å². The number of thiophene rings is 1. The molecule has 0 bridgehead atoms. The number of hydrogen-bond acceptors (Lipinski definition) is 5. The van der Waals surface area contributed by atoms with E-state index in [9.17, 15) is 9.90 Å². The summed E-state index contributed by atoms with van der Waals surface area (Å²) in [6.45, 7) is 1.81. The van der Waals surface area contributed by atoms with Crippen molar-refractivity contribution in [2.75, 3.05) is 6.54 Å². The molecular weight excluding hydrogens is 322 g/mol. The van der Waals surface area contributed by atoms with Gasteiger partial charge in [-0.05, 0) is 47.5 Å². The van der Waals surface area contributed by atoms with Crippen LogP contribution in [0.25, 0.3) is 17.1 Å². The van der Waals surface area contributed by atoms with Crippen LogP contribution in [0.3, 0.4) is 0 Å². The van der Waals surface area contributed by atoms with Crippen molar-refractivity contribution in [3.8, 4) is 0 Å². The molecular formula is C18H17N3O2S. The zero-order valence-electron chi connectivity index (χ0n) is 13.1. The number of carbonyl (C=O) groups is 1. The lowest BCUT2D eigenvalue weighted by Gasteiger charge is -2.22. The molecule has 0 spiro atoms. The van der Waals surface area contributed by atoms with E-state index in [1.54, 1.807) is 19.2 Å². The van der Waals surface area contributed by atoms with Gasteiger partial charge < -0.3 is 10.4 Å². The normalized spacial score (nSPS) is 13.9. The van der Waals surface area contributed by atoms with Crippen LogP contribution in [0, 0.1) is 0 Å². The first-order valence-electron chi connectivity index (χ1n) is 7.47. The fourth-order valence-corrected chi connectivity index (χ4v) is 2.99. The minimum Gasteiger partial charge on any atom is -0.384 e. The second-order valence-corrected chi connectivity index (χ2v) is 6.40. The van der Waals surface area contributed by atoms with Gasteiger partial charge in [-0.15, -0.1) is 0 Å². The Morgan fingerprint density at radius 2 is 2.12 bits per heavy atom. The Kier molecular flexibility index (Phi) is 4.69. The first kappa shape index (κ1) is 16.3. The van der Waals surface area contributed by atoms with Crippen molar-refractivity contribution in [3.05, 3.63) is 64.6 Å². The van der Waals surface area contributed by atoms with E-state index in [0.29, 0.717) is 5.69 Å². The number of hydrogen-bond donors (Lipinski definition) is 2. The molecule has 5 nitrogen and oxygen atoms in total. The topological polar surface area (TPSA) is 75.1 Å². The molecule has 24 heavy (non-hydrogen) atoms. The summed E-state index contributed by atoms with van der Waals surface area (Å²) in [5.74, 6) is -0.291. The van der Waals surface area contributed by atoms with Gasteiger partial charge >= 0.3 is 0 Å². The van der Waals surface area contributed by atoms with Gasteiger partial charge in [-0.25, -0.2) is 4.98 Å². The second-order valence-electron chi connectivity index (χ2n) is 5.62. The number of amides is 1. The lowest BCUT2D eigenvalue weighted by atomic mass is 9.99. The van der Waals surface area contributed by atoms with Crippen LogP contribution in [-0.4, -0.2) is 27.5 Å². The van der Waals surface area contributed by atoms with Gasteiger partial charge in [-0.2, -0.15) is 11.3 Å². The van der Waals surface area contributed by atoms with E-state index < -0.39 is 5.60 Å². The van der Waals surface area contributed by atoms with E-state index in [2.05, 4.69) is 15.3 Å². The van der Waals surface area contributed by atoms with Crippen molar-refractivity contribution in [1.29, 1.82) is 0 Å². The highest BCUT2D eigenvalue weighted by Gasteiger charge is 2.23. The number of benzene rings is 1. The maximum absolute atomic E-state index is 11.9. The van der Waals surface area contributed by atoms with E-state index >= 15 is 0 Å². The molecule has 1 amide bonds. The Hall–Kier alpha value is -2.57. The summed E-state index contributed by atoms with van der Waals surface area (Å²) >= 11 is 1.51. The van der Waals surface area contributed by atoms with Crippen LogP contribution in [-0.2, 0) is 10.4 Å². The number of rotatable bonds is 5.